The lowest BCUT2D eigenvalue weighted by Gasteiger charge is -2.15. The Hall–Kier alpha value is -5.02. The van der Waals surface area contributed by atoms with Crippen LogP contribution in [0.5, 0.6) is 0 Å². The van der Waals surface area contributed by atoms with Crippen LogP contribution in [0.1, 0.15) is 11.1 Å². The molecule has 0 amide bonds. The molecule has 0 fully saturated rings. The number of para-hydroxylation sites is 2. The molecule has 39 heavy (non-hydrogen) atoms. The number of aryl methyl sites for hydroxylation is 2. The first-order valence-electron chi connectivity index (χ1n) is 13.3. The number of nitrogens with zero attached hydrogens (tertiary/aromatic N) is 3. The highest BCUT2D eigenvalue weighted by atomic mass is 15.1. The van der Waals surface area contributed by atoms with Crippen LogP contribution < -0.4 is 0 Å². The van der Waals surface area contributed by atoms with Crippen LogP contribution in [0, 0.1) is 13.8 Å². The van der Waals surface area contributed by atoms with Crippen molar-refractivity contribution in [1.82, 2.24) is 14.5 Å². The minimum absolute atomic E-state index is 0.713. The van der Waals surface area contributed by atoms with Crippen molar-refractivity contribution < 1.29 is 0 Å². The molecular weight excluding hydrogens is 474 g/mol. The molecule has 7 aromatic rings. The fourth-order valence-corrected chi connectivity index (χ4v) is 5.66. The van der Waals surface area contributed by atoms with Crippen LogP contribution in [0.15, 0.2) is 127 Å². The molecule has 186 valence electrons. The maximum Gasteiger partial charge on any atom is 0.162 e. The molecule has 2 heterocycles. The van der Waals surface area contributed by atoms with E-state index in [0.29, 0.717) is 5.82 Å². The maximum absolute atomic E-state index is 5.22. The van der Waals surface area contributed by atoms with Crippen molar-refractivity contribution in [2.24, 2.45) is 0 Å². The second kappa shape index (κ2) is 9.38. The molecular formula is C36H27N3. The first-order chi connectivity index (χ1) is 19.2. The highest BCUT2D eigenvalue weighted by Gasteiger charge is 2.17. The van der Waals surface area contributed by atoms with Crippen LogP contribution in [-0.4, -0.2) is 14.5 Å². The van der Waals surface area contributed by atoms with Crippen LogP contribution in [0.4, 0.5) is 0 Å². The van der Waals surface area contributed by atoms with Gasteiger partial charge in [0.05, 0.1) is 16.7 Å². The van der Waals surface area contributed by atoms with Gasteiger partial charge in [0.2, 0.25) is 0 Å². The summed E-state index contributed by atoms with van der Waals surface area (Å²) in [6.45, 7) is 4.31. The molecule has 0 N–H and O–H groups in total. The van der Waals surface area contributed by atoms with E-state index in [2.05, 4.69) is 140 Å². The van der Waals surface area contributed by atoms with E-state index in [1.807, 2.05) is 6.07 Å². The number of fused-ring (bicyclic) bond motifs is 3. The molecule has 0 spiro atoms. The molecule has 0 radical (unpaired) electrons. The van der Waals surface area contributed by atoms with Crippen LogP contribution in [-0.2, 0) is 0 Å². The molecule has 0 saturated heterocycles. The van der Waals surface area contributed by atoms with Gasteiger partial charge in [0.1, 0.15) is 5.82 Å². The van der Waals surface area contributed by atoms with Crippen molar-refractivity contribution >= 4 is 21.8 Å². The van der Waals surface area contributed by atoms with Crippen molar-refractivity contribution in [3.8, 4) is 39.6 Å². The van der Waals surface area contributed by atoms with Gasteiger partial charge in [0, 0.05) is 28.0 Å². The summed E-state index contributed by atoms with van der Waals surface area (Å²) in [5.41, 5.74) is 10.1. The summed E-state index contributed by atoms with van der Waals surface area (Å²) in [7, 11) is 0. The summed E-state index contributed by atoms with van der Waals surface area (Å²) < 4.78 is 2.27. The lowest BCUT2D eigenvalue weighted by molar-refractivity contribution is 1.05. The number of benzene rings is 5. The summed E-state index contributed by atoms with van der Waals surface area (Å²) in [6, 6.07) is 44.6. The van der Waals surface area contributed by atoms with Crippen molar-refractivity contribution in [3.05, 3.63) is 139 Å². The smallest absolute Gasteiger partial charge is 0.162 e. The highest BCUT2D eigenvalue weighted by molar-refractivity contribution is 6.09. The zero-order chi connectivity index (χ0) is 26.3. The zero-order valence-electron chi connectivity index (χ0n) is 22.0. The number of aromatic nitrogens is 3. The number of hydrogen-bond donors (Lipinski definition) is 0. The molecule has 2 aromatic heterocycles. The summed E-state index contributed by atoms with van der Waals surface area (Å²) in [5, 5.41) is 2.43. The molecule has 0 aliphatic heterocycles. The Kier molecular flexibility index (Phi) is 5.56. The largest absolute Gasteiger partial charge is 0.294 e. The standard InChI is InChI=1S/C36H27N3/c1-24-12-10-13-25(2)35(24)31-23-34(39-32-20-8-6-18-29(32)30-19-7-9-21-33(30)39)38-36(37-31)28-17-11-16-27(22-28)26-14-4-3-5-15-26/h3-23H,1-2H3. The summed E-state index contributed by atoms with van der Waals surface area (Å²) in [5.74, 6) is 1.57. The van der Waals surface area contributed by atoms with E-state index in [9.17, 15) is 0 Å². The molecule has 3 nitrogen and oxygen atoms in total. The first-order valence-corrected chi connectivity index (χ1v) is 13.3. The molecule has 0 unspecified atom stereocenters. The minimum Gasteiger partial charge on any atom is -0.294 e. The highest BCUT2D eigenvalue weighted by Crippen LogP contribution is 2.35. The zero-order valence-corrected chi connectivity index (χ0v) is 22.0. The third-order valence-corrected chi connectivity index (χ3v) is 7.49. The summed E-state index contributed by atoms with van der Waals surface area (Å²) >= 11 is 0. The molecule has 0 bridgehead atoms. The average Bonchev–Trinajstić information content (AvgIpc) is 3.32. The van der Waals surface area contributed by atoms with E-state index in [4.69, 9.17) is 9.97 Å². The first kappa shape index (κ1) is 23.1. The van der Waals surface area contributed by atoms with E-state index >= 15 is 0 Å². The van der Waals surface area contributed by atoms with E-state index in [1.54, 1.807) is 0 Å². The Morgan fingerprint density at radius 1 is 0.487 bits per heavy atom. The van der Waals surface area contributed by atoms with E-state index in [1.165, 1.54) is 27.5 Å². The van der Waals surface area contributed by atoms with Crippen LogP contribution in [0.3, 0.4) is 0 Å². The lowest BCUT2D eigenvalue weighted by Crippen LogP contribution is -2.03. The molecule has 0 aliphatic rings. The Balaban J connectivity index is 1.52. The second-order valence-electron chi connectivity index (χ2n) is 10.0. The Morgan fingerprint density at radius 2 is 1.05 bits per heavy atom. The van der Waals surface area contributed by atoms with Gasteiger partial charge in [-0.2, -0.15) is 0 Å². The molecule has 0 saturated carbocycles. The van der Waals surface area contributed by atoms with Crippen molar-refractivity contribution in [2.75, 3.05) is 0 Å². The van der Waals surface area contributed by atoms with Crippen molar-refractivity contribution in [3.63, 3.8) is 0 Å². The topological polar surface area (TPSA) is 30.7 Å². The Labute approximate surface area is 228 Å². The minimum atomic E-state index is 0.713. The quantitative estimate of drug-likeness (QED) is 0.241. The van der Waals surface area contributed by atoms with Gasteiger partial charge < -0.3 is 0 Å². The Morgan fingerprint density at radius 3 is 1.74 bits per heavy atom. The van der Waals surface area contributed by atoms with Gasteiger partial charge in [-0.25, -0.2) is 9.97 Å². The molecule has 0 aliphatic carbocycles. The predicted molar refractivity (Wildman–Crippen MR) is 162 cm³/mol. The fourth-order valence-electron chi connectivity index (χ4n) is 5.66. The summed E-state index contributed by atoms with van der Waals surface area (Å²) in [6.07, 6.45) is 0. The summed E-state index contributed by atoms with van der Waals surface area (Å²) in [4.78, 5) is 10.4. The molecule has 7 rings (SSSR count). The van der Waals surface area contributed by atoms with Crippen molar-refractivity contribution in [2.45, 2.75) is 13.8 Å². The van der Waals surface area contributed by atoms with Crippen molar-refractivity contribution in [1.29, 1.82) is 0 Å². The van der Waals surface area contributed by atoms with Crippen LogP contribution in [0.2, 0.25) is 0 Å². The maximum atomic E-state index is 5.22. The normalized spacial score (nSPS) is 11.3. The average molecular weight is 502 g/mol. The van der Waals surface area contributed by atoms with Gasteiger partial charge >= 0.3 is 0 Å². The number of hydrogen-bond acceptors (Lipinski definition) is 2. The third kappa shape index (κ3) is 4.00. The van der Waals surface area contributed by atoms with Crippen LogP contribution in [0.25, 0.3) is 61.4 Å². The van der Waals surface area contributed by atoms with E-state index in [-0.39, 0.29) is 0 Å². The van der Waals surface area contributed by atoms with Gasteiger partial charge in [-0.3, -0.25) is 4.57 Å². The predicted octanol–water partition coefficient (Wildman–Crippen LogP) is 9.19. The lowest BCUT2D eigenvalue weighted by atomic mass is 9.99. The van der Waals surface area contributed by atoms with Gasteiger partial charge in [0.15, 0.2) is 5.82 Å². The fraction of sp³-hybridized carbons (Fsp3) is 0.0556. The third-order valence-electron chi connectivity index (χ3n) is 7.49. The Bertz CT molecular complexity index is 1910. The van der Waals surface area contributed by atoms with Crippen LogP contribution >= 0.6 is 0 Å². The second-order valence-corrected chi connectivity index (χ2v) is 10.0. The van der Waals surface area contributed by atoms with Gasteiger partial charge in [-0.15, -0.1) is 0 Å². The van der Waals surface area contributed by atoms with Gasteiger partial charge in [0.25, 0.3) is 0 Å². The number of rotatable bonds is 4. The van der Waals surface area contributed by atoms with E-state index in [0.717, 1.165) is 39.2 Å². The van der Waals surface area contributed by atoms with Gasteiger partial charge in [-0.1, -0.05) is 103 Å². The van der Waals surface area contributed by atoms with E-state index < -0.39 is 0 Å². The molecule has 3 heteroatoms. The molecule has 5 aromatic carbocycles. The monoisotopic (exact) mass is 501 g/mol. The SMILES string of the molecule is Cc1cccc(C)c1-c1cc(-n2c3ccccc3c3ccccc32)nc(-c2cccc(-c3ccccc3)c2)n1. The molecule has 0 atom stereocenters. The van der Waals surface area contributed by atoms with Gasteiger partial charge in [-0.05, 0) is 54.3 Å².